The summed E-state index contributed by atoms with van der Waals surface area (Å²) < 4.78 is 5.45. The first-order valence-electron chi connectivity index (χ1n) is 10.3. The zero-order valence-electron chi connectivity index (χ0n) is 17.1. The molecule has 0 unspecified atom stereocenters. The van der Waals surface area contributed by atoms with E-state index in [2.05, 4.69) is 21.6 Å². The molecule has 2 aromatic rings. The van der Waals surface area contributed by atoms with E-state index in [9.17, 15) is 9.59 Å². The van der Waals surface area contributed by atoms with Crippen LogP contribution in [0.5, 0.6) is 0 Å². The Bertz CT molecular complexity index is 895. The molecule has 0 aliphatic carbocycles. The topological polar surface area (TPSA) is 87.3 Å². The number of hydrogen-bond acceptors (Lipinski definition) is 4. The molecule has 0 saturated carbocycles. The van der Waals surface area contributed by atoms with Crippen molar-refractivity contribution in [2.45, 2.75) is 58.6 Å². The molecule has 2 amide bonds. The highest BCUT2D eigenvalue weighted by atomic mass is 16.5. The van der Waals surface area contributed by atoms with Crippen molar-refractivity contribution in [3.63, 3.8) is 0 Å². The van der Waals surface area contributed by atoms with Crippen LogP contribution in [0, 0.1) is 13.8 Å². The van der Waals surface area contributed by atoms with Crippen molar-refractivity contribution in [3.8, 4) is 0 Å². The fourth-order valence-electron chi connectivity index (χ4n) is 4.19. The van der Waals surface area contributed by atoms with Crippen molar-refractivity contribution in [2.24, 2.45) is 0 Å². The molecule has 1 saturated heterocycles. The van der Waals surface area contributed by atoms with Crippen molar-refractivity contribution < 1.29 is 14.3 Å². The van der Waals surface area contributed by atoms with Crippen LogP contribution in [0.4, 0.5) is 5.69 Å². The van der Waals surface area contributed by atoms with E-state index in [-0.39, 0.29) is 17.9 Å². The lowest BCUT2D eigenvalue weighted by atomic mass is 9.98. The number of nitrogens with one attached hydrogen (secondary N) is 2. The van der Waals surface area contributed by atoms with Crippen LogP contribution < -0.4 is 5.32 Å². The van der Waals surface area contributed by atoms with Gasteiger partial charge in [0.1, 0.15) is 6.10 Å². The number of hydrogen-bond donors (Lipinski definition) is 2. The second-order valence-corrected chi connectivity index (χ2v) is 7.95. The number of amides is 2. The van der Waals surface area contributed by atoms with E-state index in [4.69, 9.17) is 4.74 Å². The number of aromatic amines is 1. The summed E-state index contributed by atoms with van der Waals surface area (Å²) in [6, 6.07) is 5.99. The molecule has 4 rings (SSSR count). The van der Waals surface area contributed by atoms with Gasteiger partial charge in [-0.2, -0.15) is 5.10 Å². The third-order valence-electron chi connectivity index (χ3n) is 5.93. The summed E-state index contributed by atoms with van der Waals surface area (Å²) >= 11 is 0. The van der Waals surface area contributed by atoms with Gasteiger partial charge in [0.05, 0.1) is 5.69 Å². The highest BCUT2D eigenvalue weighted by molar-refractivity contribution is 5.94. The highest BCUT2D eigenvalue weighted by Gasteiger charge is 2.25. The van der Waals surface area contributed by atoms with Gasteiger partial charge in [-0.25, -0.2) is 0 Å². The minimum atomic E-state index is -0.348. The molecule has 2 N–H and O–H groups in total. The quantitative estimate of drug-likeness (QED) is 0.813. The lowest BCUT2D eigenvalue weighted by Crippen LogP contribution is -2.36. The SMILES string of the molecule is Cc1n[nH]c(C)c1CCC(=O)N1CCc2ccc(NC(=O)[C@H]3CCCO3)cc2C1. The summed E-state index contributed by atoms with van der Waals surface area (Å²) in [4.78, 5) is 27.0. The molecule has 7 nitrogen and oxygen atoms in total. The van der Waals surface area contributed by atoms with Gasteiger partial charge in [0.15, 0.2) is 0 Å². The Morgan fingerprint density at radius 1 is 1.31 bits per heavy atom. The summed E-state index contributed by atoms with van der Waals surface area (Å²) in [7, 11) is 0. The van der Waals surface area contributed by atoms with Gasteiger partial charge in [-0.05, 0) is 68.4 Å². The minimum Gasteiger partial charge on any atom is -0.368 e. The van der Waals surface area contributed by atoms with Gasteiger partial charge in [-0.1, -0.05) is 6.07 Å². The van der Waals surface area contributed by atoms with E-state index in [0.29, 0.717) is 26.0 Å². The Hall–Kier alpha value is -2.67. The number of H-pyrrole nitrogens is 1. The van der Waals surface area contributed by atoms with E-state index >= 15 is 0 Å². The van der Waals surface area contributed by atoms with E-state index in [1.807, 2.05) is 30.9 Å². The molecule has 1 atom stereocenters. The Morgan fingerprint density at radius 3 is 2.90 bits per heavy atom. The van der Waals surface area contributed by atoms with Crippen molar-refractivity contribution in [3.05, 3.63) is 46.3 Å². The van der Waals surface area contributed by atoms with E-state index in [0.717, 1.165) is 54.0 Å². The van der Waals surface area contributed by atoms with Crippen LogP contribution in [-0.4, -0.2) is 46.2 Å². The third kappa shape index (κ3) is 4.34. The standard InChI is InChI=1S/C22H28N4O3/c1-14-19(15(2)25-24-14)7-8-21(27)26-10-9-16-5-6-18(12-17(16)13-26)23-22(28)20-4-3-11-29-20/h5-6,12,20H,3-4,7-11,13H2,1-2H3,(H,23,28)(H,24,25)/t20-/m1/s1. The molecular weight excluding hydrogens is 368 g/mol. The van der Waals surface area contributed by atoms with Crippen LogP contribution in [-0.2, 0) is 33.7 Å². The van der Waals surface area contributed by atoms with Gasteiger partial charge in [-0.3, -0.25) is 14.7 Å². The first-order valence-corrected chi connectivity index (χ1v) is 10.3. The maximum atomic E-state index is 12.8. The molecule has 2 aliphatic rings. The molecule has 0 bridgehead atoms. The van der Waals surface area contributed by atoms with Crippen LogP contribution in [0.2, 0.25) is 0 Å². The van der Waals surface area contributed by atoms with Crippen molar-refractivity contribution in [1.82, 2.24) is 15.1 Å². The van der Waals surface area contributed by atoms with Gasteiger partial charge in [0.25, 0.3) is 5.91 Å². The summed E-state index contributed by atoms with van der Waals surface area (Å²) in [6.45, 7) is 5.92. The number of nitrogens with zero attached hydrogens (tertiary/aromatic N) is 2. The summed E-state index contributed by atoms with van der Waals surface area (Å²) in [6.07, 6.45) is 3.37. The second-order valence-electron chi connectivity index (χ2n) is 7.95. The molecule has 154 valence electrons. The minimum absolute atomic E-state index is 0.0861. The Labute approximate surface area is 170 Å². The lowest BCUT2D eigenvalue weighted by molar-refractivity contribution is -0.132. The lowest BCUT2D eigenvalue weighted by Gasteiger charge is -2.29. The number of rotatable bonds is 5. The van der Waals surface area contributed by atoms with Gasteiger partial charge >= 0.3 is 0 Å². The van der Waals surface area contributed by atoms with Crippen molar-refractivity contribution in [2.75, 3.05) is 18.5 Å². The van der Waals surface area contributed by atoms with Crippen molar-refractivity contribution in [1.29, 1.82) is 0 Å². The van der Waals surface area contributed by atoms with Crippen LogP contribution in [0.3, 0.4) is 0 Å². The predicted molar refractivity (Wildman–Crippen MR) is 110 cm³/mol. The Kier molecular flexibility index (Phi) is 5.67. The molecular formula is C22H28N4O3. The number of aryl methyl sites for hydroxylation is 2. The van der Waals surface area contributed by atoms with Crippen LogP contribution in [0.25, 0.3) is 0 Å². The number of anilines is 1. The number of carbonyl (C=O) groups is 2. The largest absolute Gasteiger partial charge is 0.368 e. The zero-order valence-corrected chi connectivity index (χ0v) is 17.1. The Balaban J connectivity index is 1.38. The average Bonchev–Trinajstić information content (AvgIpc) is 3.36. The van der Waals surface area contributed by atoms with Gasteiger partial charge in [0, 0.05) is 37.5 Å². The number of benzene rings is 1. The van der Waals surface area contributed by atoms with E-state index < -0.39 is 0 Å². The number of fused-ring (bicyclic) bond motifs is 1. The van der Waals surface area contributed by atoms with Gasteiger partial charge in [-0.15, -0.1) is 0 Å². The Morgan fingerprint density at radius 2 is 2.17 bits per heavy atom. The molecule has 0 radical (unpaired) electrons. The van der Waals surface area contributed by atoms with Crippen LogP contribution in [0.15, 0.2) is 18.2 Å². The maximum absolute atomic E-state index is 12.8. The molecule has 7 heteroatoms. The average molecular weight is 396 g/mol. The highest BCUT2D eigenvalue weighted by Crippen LogP contribution is 2.24. The molecule has 1 aromatic heterocycles. The number of aromatic nitrogens is 2. The zero-order chi connectivity index (χ0) is 20.4. The molecule has 2 aliphatic heterocycles. The molecule has 3 heterocycles. The molecule has 0 spiro atoms. The first-order chi connectivity index (χ1) is 14.0. The molecule has 1 fully saturated rings. The first kappa shape index (κ1) is 19.6. The third-order valence-corrected chi connectivity index (χ3v) is 5.93. The number of carbonyl (C=O) groups excluding carboxylic acids is 2. The smallest absolute Gasteiger partial charge is 0.253 e. The summed E-state index contributed by atoms with van der Waals surface area (Å²) in [5.41, 5.74) is 6.24. The fourth-order valence-corrected chi connectivity index (χ4v) is 4.19. The normalized spacial score (nSPS) is 18.6. The second kappa shape index (κ2) is 8.37. The monoisotopic (exact) mass is 396 g/mol. The van der Waals surface area contributed by atoms with Crippen LogP contribution >= 0.6 is 0 Å². The van der Waals surface area contributed by atoms with E-state index in [1.165, 1.54) is 5.56 Å². The summed E-state index contributed by atoms with van der Waals surface area (Å²) in [5, 5.41) is 10.1. The van der Waals surface area contributed by atoms with Crippen molar-refractivity contribution >= 4 is 17.5 Å². The van der Waals surface area contributed by atoms with E-state index in [1.54, 1.807) is 0 Å². The van der Waals surface area contributed by atoms with Crippen LogP contribution in [0.1, 0.15) is 47.3 Å². The fraction of sp³-hybridized carbons (Fsp3) is 0.500. The van der Waals surface area contributed by atoms with Gasteiger partial charge < -0.3 is 15.0 Å². The predicted octanol–water partition coefficient (Wildman–Crippen LogP) is 2.66. The maximum Gasteiger partial charge on any atom is 0.253 e. The summed E-state index contributed by atoms with van der Waals surface area (Å²) in [5.74, 6) is 0.0708. The molecule has 1 aromatic carbocycles. The molecule has 29 heavy (non-hydrogen) atoms. The van der Waals surface area contributed by atoms with Gasteiger partial charge in [0.2, 0.25) is 5.91 Å². The number of ether oxygens (including phenoxy) is 1.